The summed E-state index contributed by atoms with van der Waals surface area (Å²) >= 11 is 0. The van der Waals surface area contributed by atoms with E-state index >= 15 is 0 Å². The molecule has 0 aromatic heterocycles. The Hall–Kier alpha value is -0.110. The summed E-state index contributed by atoms with van der Waals surface area (Å²) in [5, 5.41) is 0. The molecule has 13 heavy (non-hydrogen) atoms. The standard InChI is InChI=1S/C11H22FN/c1-2-3-4-5-6-7-8-13-9-11(12)10-13/h11H,2-10H2,1H3. The first kappa shape index (κ1) is 11.0. The van der Waals surface area contributed by atoms with Gasteiger partial charge in [-0.05, 0) is 13.0 Å². The van der Waals surface area contributed by atoms with Crippen molar-refractivity contribution in [2.45, 2.75) is 51.6 Å². The molecule has 0 bridgehead atoms. The minimum atomic E-state index is -0.528. The van der Waals surface area contributed by atoms with Crippen LogP contribution in [0.25, 0.3) is 0 Å². The lowest BCUT2D eigenvalue weighted by molar-refractivity contribution is 0.0643. The van der Waals surface area contributed by atoms with Crippen molar-refractivity contribution in [1.82, 2.24) is 4.90 Å². The molecule has 0 aliphatic carbocycles. The molecule has 1 saturated heterocycles. The maximum atomic E-state index is 12.4. The highest BCUT2D eigenvalue weighted by Crippen LogP contribution is 2.13. The molecule has 2 heteroatoms. The predicted molar refractivity (Wildman–Crippen MR) is 54.7 cm³/mol. The fourth-order valence-electron chi connectivity index (χ4n) is 1.81. The largest absolute Gasteiger partial charge is 0.297 e. The van der Waals surface area contributed by atoms with Gasteiger partial charge in [-0.3, -0.25) is 4.90 Å². The third kappa shape index (κ3) is 4.61. The average molecular weight is 187 g/mol. The molecule has 78 valence electrons. The van der Waals surface area contributed by atoms with Crippen LogP contribution in [0.15, 0.2) is 0 Å². The third-order valence-corrected chi connectivity index (χ3v) is 2.74. The van der Waals surface area contributed by atoms with Gasteiger partial charge in [-0.25, -0.2) is 4.39 Å². The van der Waals surface area contributed by atoms with Crippen LogP contribution in [0.3, 0.4) is 0 Å². The normalized spacial score (nSPS) is 18.9. The molecular formula is C11H22FN. The Labute approximate surface area is 81.3 Å². The number of unbranched alkanes of at least 4 members (excludes halogenated alkanes) is 5. The molecular weight excluding hydrogens is 165 g/mol. The van der Waals surface area contributed by atoms with Gasteiger partial charge in [0.1, 0.15) is 6.17 Å². The van der Waals surface area contributed by atoms with Gasteiger partial charge in [0.15, 0.2) is 0 Å². The lowest BCUT2D eigenvalue weighted by Gasteiger charge is -2.34. The Bertz CT molecular complexity index is 121. The maximum absolute atomic E-state index is 12.4. The summed E-state index contributed by atoms with van der Waals surface area (Å²) in [5.74, 6) is 0. The van der Waals surface area contributed by atoms with Crippen molar-refractivity contribution in [2.75, 3.05) is 19.6 Å². The summed E-state index contributed by atoms with van der Waals surface area (Å²) < 4.78 is 12.4. The van der Waals surface area contributed by atoms with E-state index in [1.54, 1.807) is 0 Å². The van der Waals surface area contributed by atoms with E-state index in [-0.39, 0.29) is 0 Å². The zero-order valence-corrected chi connectivity index (χ0v) is 8.77. The van der Waals surface area contributed by atoms with E-state index in [1.165, 1.54) is 38.5 Å². The quantitative estimate of drug-likeness (QED) is 0.554. The summed E-state index contributed by atoms with van der Waals surface area (Å²) in [5.41, 5.74) is 0. The van der Waals surface area contributed by atoms with E-state index in [0.717, 1.165) is 6.54 Å². The predicted octanol–water partition coefficient (Wildman–Crippen LogP) is 3.00. The molecule has 0 spiro atoms. The molecule has 0 amide bonds. The minimum absolute atomic E-state index is 0.528. The Morgan fingerprint density at radius 1 is 1.08 bits per heavy atom. The first-order valence-corrected chi connectivity index (χ1v) is 5.69. The Balaban J connectivity index is 1.74. The number of nitrogens with zero attached hydrogens (tertiary/aromatic N) is 1. The number of rotatable bonds is 7. The second-order valence-corrected chi connectivity index (χ2v) is 4.12. The van der Waals surface area contributed by atoms with Crippen LogP contribution >= 0.6 is 0 Å². The fraction of sp³-hybridized carbons (Fsp3) is 1.00. The number of likely N-dealkylation sites (tertiary alicyclic amines) is 1. The first-order chi connectivity index (χ1) is 6.33. The highest BCUT2D eigenvalue weighted by atomic mass is 19.1. The zero-order valence-electron chi connectivity index (χ0n) is 8.77. The van der Waals surface area contributed by atoms with E-state index in [4.69, 9.17) is 0 Å². The smallest absolute Gasteiger partial charge is 0.125 e. The molecule has 1 fully saturated rings. The molecule has 1 aliphatic heterocycles. The minimum Gasteiger partial charge on any atom is -0.297 e. The summed E-state index contributed by atoms with van der Waals surface area (Å²) in [6.45, 7) is 4.73. The van der Waals surface area contributed by atoms with E-state index in [0.29, 0.717) is 13.1 Å². The van der Waals surface area contributed by atoms with Crippen LogP contribution in [0, 0.1) is 0 Å². The Morgan fingerprint density at radius 3 is 2.31 bits per heavy atom. The maximum Gasteiger partial charge on any atom is 0.125 e. The fourth-order valence-corrected chi connectivity index (χ4v) is 1.81. The van der Waals surface area contributed by atoms with Crippen LogP contribution < -0.4 is 0 Å². The van der Waals surface area contributed by atoms with Crippen LogP contribution in [0.2, 0.25) is 0 Å². The topological polar surface area (TPSA) is 3.24 Å². The van der Waals surface area contributed by atoms with Crippen molar-refractivity contribution in [3.63, 3.8) is 0 Å². The van der Waals surface area contributed by atoms with E-state index in [1.807, 2.05) is 0 Å². The molecule has 0 aromatic carbocycles. The van der Waals surface area contributed by atoms with E-state index in [9.17, 15) is 4.39 Å². The number of alkyl halides is 1. The van der Waals surface area contributed by atoms with Crippen molar-refractivity contribution >= 4 is 0 Å². The second-order valence-electron chi connectivity index (χ2n) is 4.12. The molecule has 0 unspecified atom stereocenters. The van der Waals surface area contributed by atoms with Gasteiger partial charge in [0.2, 0.25) is 0 Å². The Kier molecular flexibility index (Phi) is 5.37. The van der Waals surface area contributed by atoms with Crippen LogP contribution in [0.1, 0.15) is 45.4 Å². The first-order valence-electron chi connectivity index (χ1n) is 5.69. The molecule has 1 nitrogen and oxygen atoms in total. The van der Waals surface area contributed by atoms with Gasteiger partial charge in [0, 0.05) is 13.1 Å². The van der Waals surface area contributed by atoms with Gasteiger partial charge in [-0.15, -0.1) is 0 Å². The highest BCUT2D eigenvalue weighted by Gasteiger charge is 2.24. The molecule has 1 rings (SSSR count). The molecule has 1 heterocycles. The van der Waals surface area contributed by atoms with Gasteiger partial charge in [0.25, 0.3) is 0 Å². The van der Waals surface area contributed by atoms with Gasteiger partial charge >= 0.3 is 0 Å². The molecule has 0 aromatic rings. The summed E-state index contributed by atoms with van der Waals surface area (Å²) in [6, 6.07) is 0. The molecule has 0 saturated carbocycles. The average Bonchev–Trinajstić information content (AvgIpc) is 2.07. The molecule has 0 N–H and O–H groups in total. The van der Waals surface area contributed by atoms with Crippen LogP contribution in [0.4, 0.5) is 4.39 Å². The summed E-state index contributed by atoms with van der Waals surface area (Å²) in [7, 11) is 0. The van der Waals surface area contributed by atoms with Crippen LogP contribution in [-0.2, 0) is 0 Å². The van der Waals surface area contributed by atoms with Crippen molar-refractivity contribution in [1.29, 1.82) is 0 Å². The summed E-state index contributed by atoms with van der Waals surface area (Å²) in [6.07, 6.45) is 7.48. The third-order valence-electron chi connectivity index (χ3n) is 2.74. The van der Waals surface area contributed by atoms with E-state index in [2.05, 4.69) is 11.8 Å². The highest BCUT2D eigenvalue weighted by molar-refractivity contribution is 4.78. The number of hydrogen-bond acceptors (Lipinski definition) is 1. The van der Waals surface area contributed by atoms with E-state index < -0.39 is 6.17 Å². The lowest BCUT2D eigenvalue weighted by Crippen LogP contribution is -2.48. The van der Waals surface area contributed by atoms with Gasteiger partial charge in [-0.2, -0.15) is 0 Å². The van der Waals surface area contributed by atoms with Gasteiger partial charge < -0.3 is 0 Å². The zero-order chi connectivity index (χ0) is 9.52. The number of halogens is 1. The van der Waals surface area contributed by atoms with Crippen molar-refractivity contribution in [3.05, 3.63) is 0 Å². The SMILES string of the molecule is CCCCCCCCN1CC(F)C1. The van der Waals surface area contributed by atoms with Crippen molar-refractivity contribution < 1.29 is 4.39 Å². The Morgan fingerprint density at radius 2 is 1.69 bits per heavy atom. The van der Waals surface area contributed by atoms with Crippen molar-refractivity contribution in [3.8, 4) is 0 Å². The molecule has 0 radical (unpaired) electrons. The second kappa shape index (κ2) is 6.36. The monoisotopic (exact) mass is 187 g/mol. The van der Waals surface area contributed by atoms with Gasteiger partial charge in [0.05, 0.1) is 0 Å². The number of hydrogen-bond donors (Lipinski definition) is 0. The molecule has 0 atom stereocenters. The van der Waals surface area contributed by atoms with Crippen molar-refractivity contribution in [2.24, 2.45) is 0 Å². The lowest BCUT2D eigenvalue weighted by atomic mass is 10.1. The summed E-state index contributed by atoms with van der Waals surface area (Å²) in [4.78, 5) is 2.21. The van der Waals surface area contributed by atoms with Gasteiger partial charge in [-0.1, -0.05) is 39.0 Å². The molecule has 1 aliphatic rings. The van der Waals surface area contributed by atoms with Crippen LogP contribution in [0.5, 0.6) is 0 Å². The van der Waals surface area contributed by atoms with Crippen LogP contribution in [-0.4, -0.2) is 30.7 Å².